The minimum Gasteiger partial charge on any atom is -0.366 e. The Kier molecular flexibility index (Phi) is 0.820. The lowest BCUT2D eigenvalue weighted by Gasteiger charge is -2.09. The van der Waals surface area contributed by atoms with Crippen molar-refractivity contribution in [2.24, 2.45) is 17.3 Å². The van der Waals surface area contributed by atoms with E-state index >= 15 is 0 Å². The first-order chi connectivity index (χ1) is 5.04. The lowest BCUT2D eigenvalue weighted by Crippen LogP contribution is -2.16. The van der Waals surface area contributed by atoms with E-state index in [0.29, 0.717) is 17.1 Å². The first-order valence-corrected chi connectivity index (χ1v) is 4.72. The van der Waals surface area contributed by atoms with Crippen molar-refractivity contribution < 1.29 is 4.74 Å². The topological polar surface area (TPSA) is 12.5 Å². The van der Waals surface area contributed by atoms with Gasteiger partial charge in [0.15, 0.2) is 0 Å². The van der Waals surface area contributed by atoms with Gasteiger partial charge in [-0.1, -0.05) is 13.8 Å². The maximum atomic E-state index is 5.66. The van der Waals surface area contributed by atoms with Crippen LogP contribution in [0, 0.1) is 17.3 Å². The van der Waals surface area contributed by atoms with Crippen molar-refractivity contribution in [3.8, 4) is 0 Å². The highest BCUT2D eigenvalue weighted by atomic mass is 16.6. The van der Waals surface area contributed by atoms with E-state index in [0.717, 1.165) is 11.8 Å². The van der Waals surface area contributed by atoms with E-state index in [1.807, 2.05) is 0 Å². The van der Waals surface area contributed by atoms with Crippen LogP contribution in [0.25, 0.3) is 0 Å². The van der Waals surface area contributed by atoms with Gasteiger partial charge in [0, 0.05) is 0 Å². The summed E-state index contributed by atoms with van der Waals surface area (Å²) >= 11 is 0. The molecule has 0 aromatic rings. The molecule has 3 fully saturated rings. The zero-order valence-electron chi connectivity index (χ0n) is 7.55. The molecule has 1 aliphatic heterocycles. The van der Waals surface area contributed by atoms with E-state index in [9.17, 15) is 0 Å². The van der Waals surface area contributed by atoms with Crippen LogP contribution in [0.5, 0.6) is 0 Å². The highest BCUT2D eigenvalue weighted by Crippen LogP contribution is 2.70. The van der Waals surface area contributed by atoms with Crippen molar-refractivity contribution in [2.75, 3.05) is 0 Å². The van der Waals surface area contributed by atoms with Crippen molar-refractivity contribution in [3.63, 3.8) is 0 Å². The number of epoxide rings is 1. The summed E-state index contributed by atoms with van der Waals surface area (Å²) in [5.41, 5.74) is 0.967. The molecule has 2 aliphatic carbocycles. The lowest BCUT2D eigenvalue weighted by molar-refractivity contribution is 0.282. The van der Waals surface area contributed by atoms with Crippen molar-refractivity contribution in [1.82, 2.24) is 0 Å². The Morgan fingerprint density at radius 3 is 2.55 bits per heavy atom. The number of rotatable bonds is 0. The van der Waals surface area contributed by atoms with Crippen molar-refractivity contribution >= 4 is 0 Å². The molecule has 1 heteroatoms. The van der Waals surface area contributed by atoms with Crippen LogP contribution >= 0.6 is 0 Å². The summed E-state index contributed by atoms with van der Waals surface area (Å²) in [5, 5.41) is 0. The van der Waals surface area contributed by atoms with Crippen LogP contribution in [-0.2, 0) is 4.74 Å². The maximum absolute atomic E-state index is 5.66. The highest BCUT2D eigenvalue weighted by Gasteiger charge is 2.70. The van der Waals surface area contributed by atoms with E-state index in [1.165, 1.54) is 12.8 Å². The molecule has 11 heavy (non-hydrogen) atoms. The number of fused-ring (bicyclic) bond motifs is 2. The second-order valence-corrected chi connectivity index (χ2v) is 5.39. The molecule has 62 valence electrons. The molecule has 0 bridgehead atoms. The molecule has 3 rings (SSSR count). The van der Waals surface area contributed by atoms with Crippen LogP contribution < -0.4 is 0 Å². The molecule has 0 N–H and O–H groups in total. The monoisotopic (exact) mass is 152 g/mol. The van der Waals surface area contributed by atoms with Gasteiger partial charge in [-0.15, -0.1) is 0 Å². The standard InChI is InChI=1S/C10H16O/c1-9(2)6-4-8-10(3,11-8)5-7(6)9/h6-8H,4-5H2,1-3H3/t6-,7-,8+,10-/m0/s1. The molecular formula is C10H16O. The van der Waals surface area contributed by atoms with E-state index in [1.54, 1.807) is 0 Å². The maximum Gasteiger partial charge on any atom is 0.0923 e. The van der Waals surface area contributed by atoms with Gasteiger partial charge in [-0.25, -0.2) is 0 Å². The van der Waals surface area contributed by atoms with Crippen molar-refractivity contribution in [3.05, 3.63) is 0 Å². The minimum absolute atomic E-state index is 0.314. The summed E-state index contributed by atoms with van der Waals surface area (Å²) in [6, 6.07) is 0. The van der Waals surface area contributed by atoms with Gasteiger partial charge >= 0.3 is 0 Å². The fraction of sp³-hybridized carbons (Fsp3) is 1.00. The summed E-state index contributed by atoms with van der Waals surface area (Å²) in [5.74, 6) is 1.97. The average Bonchev–Trinajstić information content (AvgIpc) is 2.68. The molecule has 2 saturated carbocycles. The van der Waals surface area contributed by atoms with E-state index in [4.69, 9.17) is 4.74 Å². The Morgan fingerprint density at radius 1 is 1.18 bits per heavy atom. The van der Waals surface area contributed by atoms with Gasteiger partial charge in [-0.2, -0.15) is 0 Å². The molecule has 1 saturated heterocycles. The molecule has 0 aromatic heterocycles. The zero-order chi connectivity index (χ0) is 7.85. The molecule has 0 aromatic carbocycles. The van der Waals surface area contributed by atoms with Crippen LogP contribution in [0.4, 0.5) is 0 Å². The summed E-state index contributed by atoms with van der Waals surface area (Å²) in [6.45, 7) is 7.11. The molecule has 0 amide bonds. The minimum atomic E-state index is 0.314. The second kappa shape index (κ2) is 1.39. The lowest BCUT2D eigenvalue weighted by atomic mass is 9.91. The second-order valence-electron chi connectivity index (χ2n) is 5.39. The predicted molar refractivity (Wildman–Crippen MR) is 43.3 cm³/mol. The molecular weight excluding hydrogens is 136 g/mol. The van der Waals surface area contributed by atoms with Gasteiger partial charge in [0.25, 0.3) is 0 Å². The Labute approximate surface area is 68.1 Å². The van der Waals surface area contributed by atoms with E-state index < -0.39 is 0 Å². The Morgan fingerprint density at radius 2 is 1.91 bits per heavy atom. The zero-order valence-corrected chi connectivity index (χ0v) is 7.55. The molecule has 3 aliphatic rings. The van der Waals surface area contributed by atoms with Crippen LogP contribution in [0.3, 0.4) is 0 Å². The van der Waals surface area contributed by atoms with Crippen LogP contribution in [0.2, 0.25) is 0 Å². The quantitative estimate of drug-likeness (QED) is 0.485. The average molecular weight is 152 g/mol. The normalized spacial score (nSPS) is 63.0. The van der Waals surface area contributed by atoms with Gasteiger partial charge in [0.2, 0.25) is 0 Å². The van der Waals surface area contributed by atoms with Gasteiger partial charge in [0.05, 0.1) is 11.7 Å². The van der Waals surface area contributed by atoms with E-state index in [2.05, 4.69) is 20.8 Å². The molecule has 0 radical (unpaired) electrons. The fourth-order valence-electron chi connectivity index (χ4n) is 3.17. The van der Waals surface area contributed by atoms with Crippen molar-refractivity contribution in [1.29, 1.82) is 0 Å². The van der Waals surface area contributed by atoms with Gasteiger partial charge in [-0.3, -0.25) is 0 Å². The van der Waals surface area contributed by atoms with Crippen LogP contribution in [0.15, 0.2) is 0 Å². The highest BCUT2D eigenvalue weighted by molar-refractivity contribution is 5.18. The van der Waals surface area contributed by atoms with Crippen LogP contribution in [0.1, 0.15) is 33.6 Å². The fourth-order valence-corrected chi connectivity index (χ4v) is 3.17. The van der Waals surface area contributed by atoms with Crippen molar-refractivity contribution in [2.45, 2.75) is 45.3 Å². The third-order valence-electron chi connectivity index (χ3n) is 4.42. The Balaban J connectivity index is 1.85. The predicted octanol–water partition coefficient (Wildman–Crippen LogP) is 2.21. The molecule has 1 nitrogen and oxygen atoms in total. The third kappa shape index (κ3) is 0.618. The van der Waals surface area contributed by atoms with Gasteiger partial charge in [0.1, 0.15) is 0 Å². The van der Waals surface area contributed by atoms with E-state index in [-0.39, 0.29) is 0 Å². The number of ether oxygens (including phenoxy) is 1. The molecule has 0 unspecified atom stereocenters. The molecule has 0 spiro atoms. The summed E-state index contributed by atoms with van der Waals surface area (Å²) in [4.78, 5) is 0. The SMILES string of the molecule is CC1(C)[C@H]2C[C@H]3O[C@@]3(C)C[C@@H]21. The third-order valence-corrected chi connectivity index (χ3v) is 4.42. The molecule has 1 heterocycles. The number of hydrogen-bond donors (Lipinski definition) is 0. The molecule has 4 atom stereocenters. The first kappa shape index (κ1) is 6.47. The van der Waals surface area contributed by atoms with Gasteiger partial charge in [-0.05, 0) is 37.0 Å². The smallest absolute Gasteiger partial charge is 0.0923 e. The Bertz CT molecular complexity index is 221. The number of hydrogen-bond acceptors (Lipinski definition) is 1. The Hall–Kier alpha value is -0.0400. The first-order valence-electron chi connectivity index (χ1n) is 4.72. The van der Waals surface area contributed by atoms with Crippen LogP contribution in [-0.4, -0.2) is 11.7 Å². The largest absolute Gasteiger partial charge is 0.366 e. The summed E-state index contributed by atoms with van der Waals surface area (Å²) in [7, 11) is 0. The summed E-state index contributed by atoms with van der Waals surface area (Å²) < 4.78 is 5.66. The van der Waals surface area contributed by atoms with Gasteiger partial charge < -0.3 is 4.74 Å². The summed E-state index contributed by atoms with van der Waals surface area (Å²) in [6.07, 6.45) is 3.30.